The highest BCUT2D eigenvalue weighted by Gasteiger charge is 2.18. The topological polar surface area (TPSA) is 66.5 Å². The van der Waals surface area contributed by atoms with Crippen LogP contribution in [-0.4, -0.2) is 27.1 Å². The molecule has 0 saturated carbocycles. The first-order valence-electron chi connectivity index (χ1n) is 9.78. The van der Waals surface area contributed by atoms with E-state index in [1.807, 2.05) is 61.5 Å². The molecule has 0 radical (unpaired) electrons. The predicted molar refractivity (Wildman–Crippen MR) is 121 cm³/mol. The van der Waals surface area contributed by atoms with Gasteiger partial charge < -0.3 is 5.32 Å². The average molecular weight is 423 g/mol. The molecule has 5 nitrogen and oxygen atoms in total. The summed E-state index contributed by atoms with van der Waals surface area (Å²) in [6, 6.07) is 24.3. The molecule has 0 aliphatic heterocycles. The van der Waals surface area contributed by atoms with Gasteiger partial charge >= 0.3 is 0 Å². The van der Waals surface area contributed by atoms with Crippen molar-refractivity contribution in [1.82, 2.24) is 5.32 Å². The van der Waals surface area contributed by atoms with Crippen molar-refractivity contribution in [2.24, 2.45) is 0 Å². The molecule has 0 unspecified atom stereocenters. The zero-order valence-electron chi connectivity index (χ0n) is 17.2. The second-order valence-electron chi connectivity index (χ2n) is 7.29. The monoisotopic (exact) mass is 422 g/mol. The second kappa shape index (κ2) is 9.59. The fourth-order valence-corrected chi connectivity index (χ4v) is 3.99. The van der Waals surface area contributed by atoms with E-state index < -0.39 is 10.0 Å². The van der Waals surface area contributed by atoms with Crippen molar-refractivity contribution in [2.45, 2.75) is 19.9 Å². The summed E-state index contributed by atoms with van der Waals surface area (Å²) in [5.41, 5.74) is 4.20. The van der Waals surface area contributed by atoms with Gasteiger partial charge in [0, 0.05) is 12.1 Å². The Bertz CT molecular complexity index is 1080. The van der Waals surface area contributed by atoms with Crippen LogP contribution < -0.4 is 9.62 Å². The third kappa shape index (κ3) is 5.94. The molecule has 0 aromatic heterocycles. The molecular weight excluding hydrogens is 396 g/mol. The van der Waals surface area contributed by atoms with E-state index in [0.717, 1.165) is 23.1 Å². The third-order valence-electron chi connectivity index (χ3n) is 4.81. The van der Waals surface area contributed by atoms with Gasteiger partial charge in [-0.3, -0.25) is 9.10 Å². The summed E-state index contributed by atoms with van der Waals surface area (Å²) < 4.78 is 26.0. The lowest BCUT2D eigenvalue weighted by Crippen LogP contribution is -2.29. The van der Waals surface area contributed by atoms with Gasteiger partial charge in [-0.2, -0.15) is 0 Å². The molecular formula is C24H26N2O3S. The van der Waals surface area contributed by atoms with Gasteiger partial charge in [0.05, 0.1) is 18.5 Å². The minimum Gasteiger partial charge on any atom is -0.352 e. The molecule has 3 aromatic rings. The SMILES string of the molecule is Cc1ccc(CN(c2ccc(C(=O)NCCc3ccccc3)cc2)S(C)(=O)=O)cc1. The van der Waals surface area contributed by atoms with Gasteiger partial charge in [0.2, 0.25) is 10.0 Å². The van der Waals surface area contributed by atoms with Crippen LogP contribution in [0.15, 0.2) is 78.9 Å². The summed E-state index contributed by atoms with van der Waals surface area (Å²) in [5.74, 6) is -0.179. The van der Waals surface area contributed by atoms with Crippen molar-refractivity contribution in [1.29, 1.82) is 0 Å². The van der Waals surface area contributed by atoms with Crippen LogP contribution in [0.25, 0.3) is 0 Å². The Kier molecular flexibility index (Phi) is 6.90. The number of anilines is 1. The Hall–Kier alpha value is -3.12. The van der Waals surface area contributed by atoms with Crippen LogP contribution in [0.1, 0.15) is 27.0 Å². The number of carbonyl (C=O) groups excluding carboxylic acids is 1. The zero-order chi connectivity index (χ0) is 21.6. The van der Waals surface area contributed by atoms with E-state index in [1.165, 1.54) is 10.6 Å². The first-order valence-corrected chi connectivity index (χ1v) is 11.6. The molecule has 6 heteroatoms. The predicted octanol–water partition coefficient (Wildman–Crippen LogP) is 3.93. The fraction of sp³-hybridized carbons (Fsp3) is 0.208. The van der Waals surface area contributed by atoms with Crippen molar-refractivity contribution in [3.8, 4) is 0 Å². The maximum Gasteiger partial charge on any atom is 0.251 e. The summed E-state index contributed by atoms with van der Waals surface area (Å²) in [4.78, 5) is 12.4. The number of benzene rings is 3. The minimum absolute atomic E-state index is 0.179. The lowest BCUT2D eigenvalue weighted by molar-refractivity contribution is 0.0954. The molecule has 3 aromatic carbocycles. The van der Waals surface area contributed by atoms with Crippen molar-refractivity contribution < 1.29 is 13.2 Å². The first kappa shape index (κ1) is 21.6. The van der Waals surface area contributed by atoms with Gasteiger partial charge in [-0.15, -0.1) is 0 Å². The van der Waals surface area contributed by atoms with Gasteiger partial charge in [0.1, 0.15) is 0 Å². The second-order valence-corrected chi connectivity index (χ2v) is 9.20. The molecule has 0 spiro atoms. The van der Waals surface area contributed by atoms with Crippen LogP contribution in [0, 0.1) is 6.92 Å². The first-order chi connectivity index (χ1) is 14.3. The number of nitrogens with zero attached hydrogens (tertiary/aromatic N) is 1. The normalized spacial score (nSPS) is 11.1. The molecule has 30 heavy (non-hydrogen) atoms. The highest BCUT2D eigenvalue weighted by molar-refractivity contribution is 7.92. The molecule has 0 aliphatic rings. The third-order valence-corrected chi connectivity index (χ3v) is 5.95. The standard InChI is InChI=1S/C24H26N2O3S/c1-19-8-10-21(11-9-19)18-26(30(2,28)29)23-14-12-22(13-15-23)24(27)25-17-16-20-6-4-3-5-7-20/h3-15H,16-18H2,1-2H3,(H,25,27). The summed E-state index contributed by atoms with van der Waals surface area (Å²) in [7, 11) is -3.47. The fourth-order valence-electron chi connectivity index (χ4n) is 3.11. The van der Waals surface area contributed by atoms with Crippen LogP contribution in [0.2, 0.25) is 0 Å². The molecule has 0 fully saturated rings. The van der Waals surface area contributed by atoms with E-state index in [-0.39, 0.29) is 12.5 Å². The molecule has 156 valence electrons. The molecule has 0 heterocycles. The van der Waals surface area contributed by atoms with E-state index in [4.69, 9.17) is 0 Å². The highest BCUT2D eigenvalue weighted by Crippen LogP contribution is 2.21. The molecule has 1 N–H and O–H groups in total. The van der Waals surface area contributed by atoms with E-state index in [1.54, 1.807) is 24.3 Å². The Morgan fingerprint density at radius 2 is 1.50 bits per heavy atom. The van der Waals surface area contributed by atoms with Gasteiger partial charge in [-0.05, 0) is 48.7 Å². The molecule has 0 aliphatic carbocycles. The van der Waals surface area contributed by atoms with Gasteiger partial charge in [-0.1, -0.05) is 60.2 Å². The summed E-state index contributed by atoms with van der Waals surface area (Å²) in [5, 5.41) is 2.90. The summed E-state index contributed by atoms with van der Waals surface area (Å²) in [6.45, 7) is 2.76. The maximum absolute atomic E-state index is 12.4. The van der Waals surface area contributed by atoms with Crippen LogP contribution in [0.5, 0.6) is 0 Å². The van der Waals surface area contributed by atoms with Crippen LogP contribution >= 0.6 is 0 Å². The van der Waals surface area contributed by atoms with E-state index in [2.05, 4.69) is 5.32 Å². The van der Waals surface area contributed by atoms with Crippen LogP contribution in [-0.2, 0) is 23.0 Å². The molecule has 0 bridgehead atoms. The van der Waals surface area contributed by atoms with Crippen LogP contribution in [0.3, 0.4) is 0 Å². The van der Waals surface area contributed by atoms with E-state index >= 15 is 0 Å². The Morgan fingerprint density at radius 3 is 2.10 bits per heavy atom. The number of rotatable bonds is 8. The lowest BCUT2D eigenvalue weighted by Gasteiger charge is -2.23. The van der Waals surface area contributed by atoms with Crippen molar-refractivity contribution in [2.75, 3.05) is 17.1 Å². The number of nitrogens with one attached hydrogen (secondary N) is 1. The Morgan fingerprint density at radius 1 is 0.867 bits per heavy atom. The number of hydrogen-bond acceptors (Lipinski definition) is 3. The average Bonchev–Trinajstić information content (AvgIpc) is 2.73. The summed E-state index contributed by atoms with van der Waals surface area (Å²) in [6.07, 6.45) is 1.94. The molecule has 0 atom stereocenters. The molecule has 3 rings (SSSR count). The number of aryl methyl sites for hydroxylation is 1. The van der Waals surface area contributed by atoms with Crippen LogP contribution in [0.4, 0.5) is 5.69 Å². The number of carbonyl (C=O) groups is 1. The Labute approximate surface area is 178 Å². The minimum atomic E-state index is -3.47. The van der Waals surface area contributed by atoms with Crippen molar-refractivity contribution in [3.05, 3.63) is 101 Å². The number of hydrogen-bond donors (Lipinski definition) is 1. The van der Waals surface area contributed by atoms with Gasteiger partial charge in [0.15, 0.2) is 0 Å². The summed E-state index contributed by atoms with van der Waals surface area (Å²) >= 11 is 0. The Balaban J connectivity index is 1.66. The smallest absolute Gasteiger partial charge is 0.251 e. The number of sulfonamides is 1. The van der Waals surface area contributed by atoms with Crippen molar-refractivity contribution in [3.63, 3.8) is 0 Å². The quantitative estimate of drug-likeness (QED) is 0.598. The van der Waals surface area contributed by atoms with Crippen molar-refractivity contribution >= 4 is 21.6 Å². The van der Waals surface area contributed by atoms with Gasteiger partial charge in [-0.25, -0.2) is 8.42 Å². The zero-order valence-corrected chi connectivity index (χ0v) is 18.0. The molecule has 1 amide bonds. The number of amides is 1. The van der Waals surface area contributed by atoms with E-state index in [0.29, 0.717) is 17.8 Å². The van der Waals surface area contributed by atoms with Gasteiger partial charge in [0.25, 0.3) is 5.91 Å². The van der Waals surface area contributed by atoms with E-state index in [9.17, 15) is 13.2 Å². The maximum atomic E-state index is 12.4. The highest BCUT2D eigenvalue weighted by atomic mass is 32.2. The largest absolute Gasteiger partial charge is 0.352 e. The lowest BCUT2D eigenvalue weighted by atomic mass is 10.1. The molecule has 0 saturated heterocycles.